The van der Waals surface area contributed by atoms with Gasteiger partial charge in [-0.1, -0.05) is 0 Å². The number of amides is 2. The van der Waals surface area contributed by atoms with Gasteiger partial charge in [0.2, 0.25) is 11.8 Å². The third-order valence-electron chi connectivity index (χ3n) is 3.14. The molecule has 0 radical (unpaired) electrons. The Morgan fingerprint density at radius 2 is 2.00 bits per heavy atom. The molecule has 3 N–H and O–H groups in total. The van der Waals surface area contributed by atoms with Crippen LogP contribution in [0.2, 0.25) is 0 Å². The van der Waals surface area contributed by atoms with Crippen LogP contribution in [0.25, 0.3) is 0 Å². The summed E-state index contributed by atoms with van der Waals surface area (Å²) in [6.45, 7) is 7.93. The van der Waals surface area contributed by atoms with Gasteiger partial charge in [0, 0.05) is 12.0 Å². The zero-order chi connectivity index (χ0) is 14.3. The Bertz CT molecular complexity index is 304. The molecule has 1 fully saturated rings. The van der Waals surface area contributed by atoms with E-state index in [4.69, 9.17) is 0 Å². The Hall–Kier alpha value is -1.10. The predicted octanol–water partition coefficient (Wildman–Crippen LogP) is 0.797. The maximum Gasteiger partial charge on any atom is 0.239 e. The van der Waals surface area contributed by atoms with Crippen LogP contribution in [0.4, 0.5) is 0 Å². The minimum atomic E-state index is -0.254. The molecule has 0 bridgehead atoms. The van der Waals surface area contributed by atoms with E-state index in [-0.39, 0.29) is 23.9 Å². The lowest BCUT2D eigenvalue weighted by Gasteiger charge is -2.22. The van der Waals surface area contributed by atoms with Crippen LogP contribution in [0, 0.1) is 5.92 Å². The Morgan fingerprint density at radius 1 is 1.26 bits per heavy atom. The minimum absolute atomic E-state index is 0.0327. The van der Waals surface area contributed by atoms with E-state index in [0.29, 0.717) is 12.3 Å². The van der Waals surface area contributed by atoms with Crippen molar-refractivity contribution >= 4 is 11.8 Å². The predicted molar refractivity (Wildman–Crippen MR) is 75.7 cm³/mol. The van der Waals surface area contributed by atoms with Gasteiger partial charge >= 0.3 is 0 Å². The molecule has 1 heterocycles. The van der Waals surface area contributed by atoms with Crippen molar-refractivity contribution in [3.05, 3.63) is 0 Å². The summed E-state index contributed by atoms with van der Waals surface area (Å²) in [5, 5.41) is 8.83. The minimum Gasteiger partial charge on any atom is -0.350 e. The number of carbonyl (C=O) groups is 2. The lowest BCUT2D eigenvalue weighted by molar-refractivity contribution is -0.127. The normalized spacial score (nSPS) is 19.8. The second-order valence-corrected chi connectivity index (χ2v) is 6.33. The van der Waals surface area contributed by atoms with E-state index in [1.807, 2.05) is 20.8 Å². The molecule has 2 amide bonds. The number of hydrogen-bond acceptors (Lipinski definition) is 3. The lowest BCUT2D eigenvalue weighted by atomic mass is 9.94. The number of carbonyl (C=O) groups excluding carboxylic acids is 2. The average molecular weight is 269 g/mol. The first-order chi connectivity index (χ1) is 8.87. The SMILES string of the molecule is CC(C)(C)NC(=O)CNC(=O)CCC1CCCNC1. The summed E-state index contributed by atoms with van der Waals surface area (Å²) in [7, 11) is 0. The molecule has 1 saturated heterocycles. The van der Waals surface area contributed by atoms with Crippen molar-refractivity contribution in [2.45, 2.75) is 52.0 Å². The van der Waals surface area contributed by atoms with Crippen molar-refractivity contribution in [2.24, 2.45) is 5.92 Å². The average Bonchev–Trinajstić information content (AvgIpc) is 2.33. The quantitative estimate of drug-likeness (QED) is 0.691. The summed E-state index contributed by atoms with van der Waals surface area (Å²) in [6.07, 6.45) is 3.81. The van der Waals surface area contributed by atoms with Crippen molar-refractivity contribution in [2.75, 3.05) is 19.6 Å². The molecule has 0 spiro atoms. The van der Waals surface area contributed by atoms with Gasteiger partial charge in [-0.05, 0) is 59.0 Å². The van der Waals surface area contributed by atoms with Crippen LogP contribution < -0.4 is 16.0 Å². The van der Waals surface area contributed by atoms with E-state index in [2.05, 4.69) is 16.0 Å². The first-order valence-corrected chi connectivity index (χ1v) is 7.15. The smallest absolute Gasteiger partial charge is 0.239 e. The van der Waals surface area contributed by atoms with Gasteiger partial charge in [0.25, 0.3) is 0 Å². The maximum absolute atomic E-state index is 11.6. The molecule has 1 atom stereocenters. The highest BCUT2D eigenvalue weighted by Gasteiger charge is 2.16. The number of hydrogen-bond donors (Lipinski definition) is 3. The first kappa shape index (κ1) is 16.0. The molecule has 0 aliphatic carbocycles. The van der Waals surface area contributed by atoms with E-state index in [9.17, 15) is 9.59 Å². The van der Waals surface area contributed by atoms with Crippen molar-refractivity contribution < 1.29 is 9.59 Å². The van der Waals surface area contributed by atoms with E-state index in [1.54, 1.807) is 0 Å². The fourth-order valence-electron chi connectivity index (χ4n) is 2.24. The van der Waals surface area contributed by atoms with Crippen LogP contribution in [-0.4, -0.2) is 37.0 Å². The van der Waals surface area contributed by atoms with Crippen molar-refractivity contribution in [3.63, 3.8) is 0 Å². The maximum atomic E-state index is 11.6. The van der Waals surface area contributed by atoms with Crippen LogP contribution in [0.5, 0.6) is 0 Å². The molecule has 0 aromatic rings. The van der Waals surface area contributed by atoms with Gasteiger partial charge in [0.15, 0.2) is 0 Å². The number of piperidine rings is 1. The molecule has 1 aliphatic heterocycles. The van der Waals surface area contributed by atoms with Crippen molar-refractivity contribution in [1.82, 2.24) is 16.0 Å². The summed E-state index contributed by atoms with van der Waals surface area (Å²) < 4.78 is 0. The van der Waals surface area contributed by atoms with Gasteiger partial charge in [-0.25, -0.2) is 0 Å². The van der Waals surface area contributed by atoms with Crippen LogP contribution >= 0.6 is 0 Å². The van der Waals surface area contributed by atoms with Gasteiger partial charge < -0.3 is 16.0 Å². The summed E-state index contributed by atoms with van der Waals surface area (Å²) in [5.74, 6) is 0.428. The monoisotopic (exact) mass is 269 g/mol. The lowest BCUT2D eigenvalue weighted by Crippen LogP contribution is -2.45. The fraction of sp³-hybridized carbons (Fsp3) is 0.857. The highest BCUT2D eigenvalue weighted by atomic mass is 16.2. The molecule has 5 heteroatoms. The molecular weight excluding hydrogens is 242 g/mol. The molecule has 1 unspecified atom stereocenters. The Kier molecular flexibility index (Phi) is 6.28. The van der Waals surface area contributed by atoms with Gasteiger partial charge in [-0.15, -0.1) is 0 Å². The summed E-state index contributed by atoms with van der Waals surface area (Å²) in [5.41, 5.74) is -0.254. The number of rotatable bonds is 5. The molecule has 110 valence electrons. The second-order valence-electron chi connectivity index (χ2n) is 6.33. The van der Waals surface area contributed by atoms with Crippen molar-refractivity contribution in [3.8, 4) is 0 Å². The van der Waals surface area contributed by atoms with Crippen LogP contribution in [0.3, 0.4) is 0 Å². The second kappa shape index (κ2) is 7.48. The molecule has 1 aliphatic rings. The molecular formula is C14H27N3O2. The fourth-order valence-corrected chi connectivity index (χ4v) is 2.24. The van der Waals surface area contributed by atoms with Crippen LogP contribution in [-0.2, 0) is 9.59 Å². The third kappa shape index (κ3) is 7.82. The van der Waals surface area contributed by atoms with Crippen LogP contribution in [0.1, 0.15) is 46.5 Å². The topological polar surface area (TPSA) is 70.2 Å². The zero-order valence-electron chi connectivity index (χ0n) is 12.3. The molecule has 0 saturated carbocycles. The summed E-state index contributed by atoms with van der Waals surface area (Å²) in [6, 6.07) is 0. The Morgan fingerprint density at radius 3 is 2.58 bits per heavy atom. The number of nitrogens with one attached hydrogen (secondary N) is 3. The molecule has 0 aromatic heterocycles. The van der Waals surface area contributed by atoms with Gasteiger partial charge in [0.1, 0.15) is 0 Å². The van der Waals surface area contributed by atoms with E-state index in [1.165, 1.54) is 12.8 Å². The summed E-state index contributed by atoms with van der Waals surface area (Å²) in [4.78, 5) is 23.2. The highest BCUT2D eigenvalue weighted by molar-refractivity contribution is 5.84. The molecule has 19 heavy (non-hydrogen) atoms. The Labute approximate surface area is 115 Å². The van der Waals surface area contributed by atoms with E-state index in [0.717, 1.165) is 19.5 Å². The molecule has 1 rings (SSSR count). The van der Waals surface area contributed by atoms with Crippen molar-refractivity contribution in [1.29, 1.82) is 0 Å². The van der Waals surface area contributed by atoms with Gasteiger partial charge in [-0.3, -0.25) is 9.59 Å². The third-order valence-corrected chi connectivity index (χ3v) is 3.14. The first-order valence-electron chi connectivity index (χ1n) is 7.15. The summed E-state index contributed by atoms with van der Waals surface area (Å²) >= 11 is 0. The zero-order valence-corrected chi connectivity index (χ0v) is 12.3. The Balaban J connectivity index is 2.12. The molecule has 0 aromatic carbocycles. The highest BCUT2D eigenvalue weighted by Crippen LogP contribution is 2.15. The largest absolute Gasteiger partial charge is 0.350 e. The van der Waals surface area contributed by atoms with Crippen LogP contribution in [0.15, 0.2) is 0 Å². The van der Waals surface area contributed by atoms with Gasteiger partial charge in [-0.2, -0.15) is 0 Å². The van der Waals surface area contributed by atoms with E-state index < -0.39 is 0 Å². The molecule has 5 nitrogen and oxygen atoms in total. The standard InChI is InChI=1S/C14H27N3O2/c1-14(2,3)17-13(19)10-16-12(18)7-6-11-5-4-8-15-9-11/h11,15H,4-10H2,1-3H3,(H,16,18)(H,17,19). The van der Waals surface area contributed by atoms with E-state index >= 15 is 0 Å². The van der Waals surface area contributed by atoms with Gasteiger partial charge in [0.05, 0.1) is 6.54 Å².